The highest BCUT2D eigenvalue weighted by Gasteiger charge is 2.14. The highest BCUT2D eigenvalue weighted by Crippen LogP contribution is 2.20. The molecule has 8 heteroatoms. The Morgan fingerprint density at radius 1 is 1.11 bits per heavy atom. The fraction of sp³-hybridized carbons (Fsp3) is 0.316. The maximum atomic E-state index is 12.2. The highest BCUT2D eigenvalue weighted by atomic mass is 32.1. The first kappa shape index (κ1) is 17.7. The molecule has 3 heterocycles. The van der Waals surface area contributed by atoms with E-state index in [0.29, 0.717) is 18.1 Å². The van der Waals surface area contributed by atoms with Crippen LogP contribution in [0.5, 0.6) is 0 Å². The number of nitrogens with zero attached hydrogens (tertiary/aromatic N) is 4. The molecular formula is C19H22N6OS. The Morgan fingerprint density at radius 3 is 2.56 bits per heavy atom. The minimum absolute atomic E-state index is 0.213. The van der Waals surface area contributed by atoms with E-state index < -0.39 is 0 Å². The average molecular weight is 382 g/mol. The fourth-order valence-electron chi connectivity index (χ4n) is 3.07. The summed E-state index contributed by atoms with van der Waals surface area (Å²) in [7, 11) is 2.15. The molecule has 1 aromatic carbocycles. The Hall–Kier alpha value is -2.71. The summed E-state index contributed by atoms with van der Waals surface area (Å²) in [5.41, 5.74) is 2.28. The number of aromatic amines is 1. The van der Waals surface area contributed by atoms with Gasteiger partial charge in [0.2, 0.25) is 5.95 Å². The predicted octanol–water partition coefficient (Wildman–Crippen LogP) is 2.31. The van der Waals surface area contributed by atoms with Crippen LogP contribution in [0.2, 0.25) is 0 Å². The topological polar surface area (TPSA) is 77.2 Å². The zero-order valence-corrected chi connectivity index (χ0v) is 16.0. The number of H-pyrrole nitrogens is 1. The maximum absolute atomic E-state index is 12.2. The Morgan fingerprint density at radius 2 is 1.89 bits per heavy atom. The molecule has 1 fully saturated rings. The molecule has 0 radical (unpaired) electrons. The van der Waals surface area contributed by atoms with Crippen LogP contribution in [-0.2, 0) is 6.42 Å². The van der Waals surface area contributed by atoms with Crippen LogP contribution in [0.4, 0.5) is 17.3 Å². The van der Waals surface area contributed by atoms with Crippen molar-refractivity contribution >= 4 is 28.7 Å². The SMILES string of the molecule is CN1CCN(c2ccc(Nc3nnc(Cc4cccs4)c(=O)[nH]3)cc2)CC1. The van der Waals surface area contributed by atoms with Crippen LogP contribution < -0.4 is 15.8 Å². The van der Waals surface area contributed by atoms with Crippen LogP contribution >= 0.6 is 11.3 Å². The van der Waals surface area contributed by atoms with Crippen LogP contribution in [0.1, 0.15) is 10.6 Å². The number of benzene rings is 1. The highest BCUT2D eigenvalue weighted by molar-refractivity contribution is 7.09. The van der Waals surface area contributed by atoms with Crippen molar-refractivity contribution in [3.8, 4) is 0 Å². The van der Waals surface area contributed by atoms with Gasteiger partial charge in [-0.15, -0.1) is 21.5 Å². The molecular weight excluding hydrogens is 360 g/mol. The normalized spacial score (nSPS) is 15.1. The van der Waals surface area contributed by atoms with Gasteiger partial charge in [-0.3, -0.25) is 9.78 Å². The zero-order valence-electron chi connectivity index (χ0n) is 15.2. The number of rotatable bonds is 5. The number of nitrogens with one attached hydrogen (secondary N) is 2. The molecule has 0 unspecified atom stereocenters. The Balaban J connectivity index is 1.41. The third kappa shape index (κ3) is 4.35. The van der Waals surface area contributed by atoms with Crippen LogP contribution in [0, 0.1) is 0 Å². The second-order valence-electron chi connectivity index (χ2n) is 6.67. The largest absolute Gasteiger partial charge is 0.369 e. The van der Waals surface area contributed by atoms with Gasteiger partial charge in [0.1, 0.15) is 5.69 Å². The van der Waals surface area contributed by atoms with Crippen LogP contribution in [0.15, 0.2) is 46.6 Å². The monoisotopic (exact) mass is 382 g/mol. The van der Waals surface area contributed by atoms with Crippen LogP contribution in [0.3, 0.4) is 0 Å². The molecule has 1 saturated heterocycles. The Labute approximate surface area is 161 Å². The molecule has 0 aliphatic carbocycles. The van der Waals surface area contributed by atoms with E-state index in [-0.39, 0.29) is 5.56 Å². The summed E-state index contributed by atoms with van der Waals surface area (Å²) in [4.78, 5) is 20.8. The van der Waals surface area contributed by atoms with Gasteiger partial charge in [0.15, 0.2) is 0 Å². The number of anilines is 3. The number of piperazine rings is 1. The molecule has 1 aliphatic rings. The van der Waals surface area contributed by atoms with Gasteiger partial charge in [-0.05, 0) is 42.8 Å². The molecule has 3 aromatic rings. The molecule has 27 heavy (non-hydrogen) atoms. The quantitative estimate of drug-likeness (QED) is 0.705. The van der Waals surface area contributed by atoms with Gasteiger partial charge in [-0.25, -0.2) is 0 Å². The van der Waals surface area contributed by atoms with Crippen molar-refractivity contribution < 1.29 is 0 Å². The standard InChI is InChI=1S/C19H22N6OS/c1-24-8-10-25(11-9-24)15-6-4-14(5-7-15)20-19-21-18(26)17(22-23-19)13-16-3-2-12-27-16/h2-7,12H,8-11,13H2,1H3,(H2,20,21,23,26). The van der Waals surface area contributed by atoms with Crippen molar-refractivity contribution in [1.29, 1.82) is 0 Å². The molecule has 0 spiro atoms. The summed E-state index contributed by atoms with van der Waals surface area (Å²) in [6.07, 6.45) is 0.500. The minimum Gasteiger partial charge on any atom is -0.369 e. The summed E-state index contributed by atoms with van der Waals surface area (Å²) in [5, 5.41) is 13.3. The van der Waals surface area contributed by atoms with Gasteiger partial charge in [-0.2, -0.15) is 0 Å². The molecule has 7 nitrogen and oxygen atoms in total. The van der Waals surface area contributed by atoms with Crippen LogP contribution in [-0.4, -0.2) is 53.3 Å². The summed E-state index contributed by atoms with van der Waals surface area (Å²) in [6.45, 7) is 4.23. The van der Waals surface area contributed by atoms with Gasteiger partial charge in [-0.1, -0.05) is 6.07 Å². The predicted molar refractivity (Wildman–Crippen MR) is 109 cm³/mol. The van der Waals surface area contributed by atoms with Crippen molar-refractivity contribution in [2.45, 2.75) is 6.42 Å². The first-order chi connectivity index (χ1) is 13.2. The lowest BCUT2D eigenvalue weighted by Crippen LogP contribution is -2.44. The lowest BCUT2D eigenvalue weighted by atomic mass is 10.2. The molecule has 2 aromatic heterocycles. The Kier molecular flexibility index (Phi) is 5.17. The van der Waals surface area contributed by atoms with Crippen molar-refractivity contribution in [2.24, 2.45) is 0 Å². The number of thiophene rings is 1. The van der Waals surface area contributed by atoms with Crippen molar-refractivity contribution in [2.75, 3.05) is 43.4 Å². The van der Waals surface area contributed by atoms with E-state index in [1.165, 1.54) is 5.69 Å². The van der Waals surface area contributed by atoms with E-state index >= 15 is 0 Å². The Bertz CT molecular complexity index is 930. The lowest BCUT2D eigenvalue weighted by Gasteiger charge is -2.34. The lowest BCUT2D eigenvalue weighted by molar-refractivity contribution is 0.313. The number of hydrogen-bond donors (Lipinski definition) is 2. The second kappa shape index (κ2) is 7.89. The number of hydrogen-bond acceptors (Lipinski definition) is 7. The summed E-state index contributed by atoms with van der Waals surface area (Å²) >= 11 is 1.60. The first-order valence-electron chi connectivity index (χ1n) is 8.96. The third-order valence-electron chi connectivity index (χ3n) is 4.68. The molecule has 4 rings (SSSR count). The minimum atomic E-state index is -0.213. The van der Waals surface area contributed by atoms with Gasteiger partial charge < -0.3 is 15.1 Å². The van der Waals surface area contributed by atoms with Crippen molar-refractivity contribution in [3.63, 3.8) is 0 Å². The summed E-state index contributed by atoms with van der Waals surface area (Å²) in [6, 6.07) is 12.1. The first-order valence-corrected chi connectivity index (χ1v) is 9.84. The zero-order chi connectivity index (χ0) is 18.6. The van der Waals surface area contributed by atoms with E-state index in [9.17, 15) is 4.79 Å². The van der Waals surface area contributed by atoms with Crippen LogP contribution in [0.25, 0.3) is 0 Å². The van der Waals surface area contributed by atoms with E-state index in [1.807, 2.05) is 29.6 Å². The molecule has 140 valence electrons. The van der Waals surface area contributed by atoms with Gasteiger partial charge in [0.25, 0.3) is 5.56 Å². The third-order valence-corrected chi connectivity index (χ3v) is 5.56. The van der Waals surface area contributed by atoms with Gasteiger partial charge >= 0.3 is 0 Å². The molecule has 0 amide bonds. The second-order valence-corrected chi connectivity index (χ2v) is 7.70. The van der Waals surface area contributed by atoms with Crippen molar-refractivity contribution in [3.05, 3.63) is 62.7 Å². The molecule has 0 bridgehead atoms. The number of likely N-dealkylation sites (N-methyl/N-ethyl adjacent to an activating group) is 1. The molecule has 0 saturated carbocycles. The van der Waals surface area contributed by atoms with Gasteiger partial charge in [0, 0.05) is 48.9 Å². The average Bonchev–Trinajstić information content (AvgIpc) is 3.19. The van der Waals surface area contributed by atoms with E-state index in [4.69, 9.17) is 0 Å². The molecule has 0 atom stereocenters. The van der Waals surface area contributed by atoms with E-state index in [2.05, 4.69) is 49.5 Å². The fourth-order valence-corrected chi connectivity index (χ4v) is 3.78. The number of aromatic nitrogens is 3. The van der Waals surface area contributed by atoms with E-state index in [0.717, 1.165) is 36.7 Å². The maximum Gasteiger partial charge on any atom is 0.274 e. The van der Waals surface area contributed by atoms with Crippen molar-refractivity contribution in [1.82, 2.24) is 20.1 Å². The molecule has 1 aliphatic heterocycles. The molecule has 2 N–H and O–H groups in total. The smallest absolute Gasteiger partial charge is 0.274 e. The van der Waals surface area contributed by atoms with E-state index in [1.54, 1.807) is 11.3 Å². The summed E-state index contributed by atoms with van der Waals surface area (Å²) in [5.74, 6) is 0.349. The summed E-state index contributed by atoms with van der Waals surface area (Å²) < 4.78 is 0. The van der Waals surface area contributed by atoms with Gasteiger partial charge in [0.05, 0.1) is 0 Å².